The number of unbranched alkanes of at least 4 members (excludes halogenated alkanes) is 1. The zero-order valence-electron chi connectivity index (χ0n) is 13.6. The molecule has 0 bridgehead atoms. The average Bonchev–Trinajstić information content (AvgIpc) is 3.09. The summed E-state index contributed by atoms with van der Waals surface area (Å²) >= 11 is 0. The number of aryl methyl sites for hydroxylation is 2. The van der Waals surface area contributed by atoms with Crippen LogP contribution in [-0.2, 0) is 13.0 Å². The molecule has 0 spiro atoms. The van der Waals surface area contributed by atoms with E-state index in [1.54, 1.807) is 16.7 Å². The third kappa shape index (κ3) is 3.93. The van der Waals surface area contributed by atoms with Crippen LogP contribution in [0.15, 0.2) is 72.9 Å². The van der Waals surface area contributed by atoms with E-state index >= 15 is 0 Å². The topological polar surface area (TPSA) is 42.2 Å². The number of aromatic carboxylic acids is 1. The Morgan fingerprint density at radius 2 is 1.54 bits per heavy atom. The molecular formula is C21H21NO2. The lowest BCUT2D eigenvalue weighted by Crippen LogP contribution is -2.07. The Kier molecular flexibility index (Phi) is 5.12. The predicted molar refractivity (Wildman–Crippen MR) is 96.2 cm³/mol. The number of hydrogen-bond donors (Lipinski definition) is 1. The number of carbonyl (C=O) groups is 1. The van der Waals surface area contributed by atoms with Gasteiger partial charge in [0, 0.05) is 12.7 Å². The molecule has 0 saturated carbocycles. The largest absolute Gasteiger partial charge is 0.477 e. The van der Waals surface area contributed by atoms with Gasteiger partial charge in [-0.2, -0.15) is 0 Å². The molecular weight excluding hydrogens is 298 g/mol. The monoisotopic (exact) mass is 319 g/mol. The molecule has 0 fully saturated rings. The first-order valence-electron chi connectivity index (χ1n) is 8.27. The molecule has 0 amide bonds. The molecule has 3 heteroatoms. The summed E-state index contributed by atoms with van der Waals surface area (Å²) in [5, 5.41) is 9.09. The van der Waals surface area contributed by atoms with Crippen molar-refractivity contribution in [2.45, 2.75) is 25.8 Å². The van der Waals surface area contributed by atoms with E-state index in [0.717, 1.165) is 25.8 Å². The highest BCUT2D eigenvalue weighted by Gasteiger charge is 2.07. The number of aromatic nitrogens is 1. The van der Waals surface area contributed by atoms with E-state index in [-0.39, 0.29) is 0 Å². The maximum Gasteiger partial charge on any atom is 0.352 e. The van der Waals surface area contributed by atoms with Gasteiger partial charge in [0.2, 0.25) is 0 Å². The Hall–Kier alpha value is -2.81. The second kappa shape index (κ2) is 7.64. The standard InChI is InChI=1S/C21H21NO2/c23-21(24)20-10-6-16-22(20)15-5-4-7-17-11-13-19(14-12-17)18-8-2-1-3-9-18/h1-3,6,8-14,16H,4-5,7,15H2,(H,23,24). The van der Waals surface area contributed by atoms with Gasteiger partial charge >= 0.3 is 5.97 Å². The van der Waals surface area contributed by atoms with Crippen molar-refractivity contribution in [3.05, 3.63) is 84.2 Å². The highest BCUT2D eigenvalue weighted by molar-refractivity contribution is 5.85. The minimum Gasteiger partial charge on any atom is -0.477 e. The third-order valence-corrected chi connectivity index (χ3v) is 4.22. The highest BCUT2D eigenvalue weighted by atomic mass is 16.4. The van der Waals surface area contributed by atoms with Crippen molar-refractivity contribution >= 4 is 5.97 Å². The molecule has 122 valence electrons. The maximum absolute atomic E-state index is 11.1. The first kappa shape index (κ1) is 16.1. The van der Waals surface area contributed by atoms with Crippen molar-refractivity contribution in [1.29, 1.82) is 0 Å². The normalized spacial score (nSPS) is 10.7. The lowest BCUT2D eigenvalue weighted by molar-refractivity contribution is 0.0685. The van der Waals surface area contributed by atoms with Crippen molar-refractivity contribution in [2.75, 3.05) is 0 Å². The van der Waals surface area contributed by atoms with Crippen LogP contribution in [0.3, 0.4) is 0 Å². The number of benzene rings is 2. The number of carboxylic acids is 1. The lowest BCUT2D eigenvalue weighted by Gasteiger charge is -2.07. The molecule has 1 N–H and O–H groups in total. The zero-order chi connectivity index (χ0) is 16.8. The zero-order valence-corrected chi connectivity index (χ0v) is 13.6. The minimum atomic E-state index is -0.864. The number of carboxylic acid groups (broad SMARTS) is 1. The molecule has 24 heavy (non-hydrogen) atoms. The van der Waals surface area contributed by atoms with Crippen LogP contribution in [-0.4, -0.2) is 15.6 Å². The van der Waals surface area contributed by atoms with Gasteiger partial charge in [-0.3, -0.25) is 0 Å². The number of rotatable bonds is 7. The van der Waals surface area contributed by atoms with Crippen molar-refractivity contribution in [2.24, 2.45) is 0 Å². The molecule has 0 aliphatic heterocycles. The average molecular weight is 319 g/mol. The molecule has 0 aliphatic carbocycles. The van der Waals surface area contributed by atoms with Gasteiger partial charge in [0.25, 0.3) is 0 Å². The van der Waals surface area contributed by atoms with Crippen molar-refractivity contribution < 1.29 is 9.90 Å². The van der Waals surface area contributed by atoms with Crippen LogP contribution in [0.25, 0.3) is 11.1 Å². The molecule has 0 atom stereocenters. The van der Waals surface area contributed by atoms with E-state index < -0.39 is 5.97 Å². The molecule has 2 aromatic carbocycles. The molecule has 0 aliphatic rings. The van der Waals surface area contributed by atoms with E-state index in [4.69, 9.17) is 5.11 Å². The van der Waals surface area contributed by atoms with Crippen molar-refractivity contribution in [1.82, 2.24) is 4.57 Å². The molecule has 3 nitrogen and oxygen atoms in total. The van der Waals surface area contributed by atoms with Crippen LogP contribution in [0.2, 0.25) is 0 Å². The Morgan fingerprint density at radius 1 is 0.833 bits per heavy atom. The molecule has 1 heterocycles. The summed E-state index contributed by atoms with van der Waals surface area (Å²) in [7, 11) is 0. The number of nitrogens with zero attached hydrogens (tertiary/aromatic N) is 1. The Morgan fingerprint density at radius 3 is 2.25 bits per heavy atom. The fourth-order valence-electron chi connectivity index (χ4n) is 2.91. The maximum atomic E-state index is 11.1. The third-order valence-electron chi connectivity index (χ3n) is 4.22. The van der Waals surface area contributed by atoms with E-state index in [0.29, 0.717) is 5.69 Å². The molecule has 3 rings (SSSR count). The molecule has 0 radical (unpaired) electrons. The summed E-state index contributed by atoms with van der Waals surface area (Å²) < 4.78 is 1.81. The van der Waals surface area contributed by atoms with Crippen LogP contribution in [0.4, 0.5) is 0 Å². The second-order valence-electron chi connectivity index (χ2n) is 5.91. The van der Waals surface area contributed by atoms with Gasteiger partial charge in [0.05, 0.1) is 0 Å². The number of hydrogen-bond acceptors (Lipinski definition) is 1. The Balaban J connectivity index is 1.50. The summed E-state index contributed by atoms with van der Waals surface area (Å²) in [5.74, 6) is -0.864. The van der Waals surface area contributed by atoms with Crippen molar-refractivity contribution in [3.8, 4) is 11.1 Å². The minimum absolute atomic E-state index is 0.363. The van der Waals surface area contributed by atoms with E-state index in [9.17, 15) is 4.79 Å². The van der Waals surface area contributed by atoms with Crippen LogP contribution in [0.1, 0.15) is 28.9 Å². The highest BCUT2D eigenvalue weighted by Crippen LogP contribution is 2.20. The molecule has 1 aromatic heterocycles. The first-order valence-corrected chi connectivity index (χ1v) is 8.27. The van der Waals surface area contributed by atoms with E-state index in [1.807, 2.05) is 12.3 Å². The van der Waals surface area contributed by atoms with Gasteiger partial charge in [-0.15, -0.1) is 0 Å². The van der Waals surface area contributed by atoms with Gasteiger partial charge < -0.3 is 9.67 Å². The smallest absolute Gasteiger partial charge is 0.352 e. The molecule has 0 unspecified atom stereocenters. The summed E-state index contributed by atoms with van der Waals surface area (Å²) in [6.07, 6.45) is 4.86. The van der Waals surface area contributed by atoms with Gasteiger partial charge in [0.1, 0.15) is 5.69 Å². The van der Waals surface area contributed by atoms with Gasteiger partial charge in [-0.25, -0.2) is 4.79 Å². The predicted octanol–water partition coefficient (Wildman–Crippen LogP) is 4.88. The van der Waals surface area contributed by atoms with Crippen LogP contribution < -0.4 is 0 Å². The summed E-state index contributed by atoms with van der Waals surface area (Å²) in [5.41, 5.74) is 4.15. The first-order chi connectivity index (χ1) is 11.7. The fourth-order valence-corrected chi connectivity index (χ4v) is 2.91. The summed E-state index contributed by atoms with van der Waals surface area (Å²) in [4.78, 5) is 11.1. The summed E-state index contributed by atoms with van der Waals surface area (Å²) in [6, 6.07) is 22.5. The van der Waals surface area contributed by atoms with Crippen molar-refractivity contribution in [3.63, 3.8) is 0 Å². The molecule has 3 aromatic rings. The van der Waals surface area contributed by atoms with Gasteiger partial charge in [-0.05, 0) is 48.1 Å². The molecule has 0 saturated heterocycles. The van der Waals surface area contributed by atoms with Gasteiger partial charge in [-0.1, -0.05) is 54.6 Å². The summed E-state index contributed by atoms with van der Waals surface area (Å²) in [6.45, 7) is 0.747. The van der Waals surface area contributed by atoms with E-state index in [2.05, 4.69) is 48.5 Å². The fraction of sp³-hybridized carbons (Fsp3) is 0.190. The van der Waals surface area contributed by atoms with Crippen LogP contribution in [0.5, 0.6) is 0 Å². The Bertz CT molecular complexity index is 788. The lowest BCUT2D eigenvalue weighted by atomic mass is 10.0. The quantitative estimate of drug-likeness (QED) is 0.631. The van der Waals surface area contributed by atoms with Crippen LogP contribution in [0, 0.1) is 0 Å². The Labute approximate surface area is 142 Å². The van der Waals surface area contributed by atoms with Gasteiger partial charge in [0.15, 0.2) is 0 Å². The van der Waals surface area contributed by atoms with Crippen LogP contribution >= 0.6 is 0 Å². The SMILES string of the molecule is O=C(O)c1cccn1CCCCc1ccc(-c2ccccc2)cc1. The van der Waals surface area contributed by atoms with E-state index in [1.165, 1.54) is 16.7 Å². The second-order valence-corrected chi connectivity index (χ2v) is 5.91.